The number of hydrogen-bond acceptors (Lipinski definition) is 2. The summed E-state index contributed by atoms with van der Waals surface area (Å²) in [5.41, 5.74) is 1.25. The van der Waals surface area contributed by atoms with Crippen LogP contribution in [0.3, 0.4) is 0 Å². The molecule has 1 saturated heterocycles. The summed E-state index contributed by atoms with van der Waals surface area (Å²) in [6.45, 7) is 1.35. The molecule has 0 aromatic heterocycles. The van der Waals surface area contributed by atoms with E-state index in [9.17, 15) is 13.6 Å². The lowest BCUT2D eigenvalue weighted by molar-refractivity contribution is 0.0923. The maximum atomic E-state index is 13.6. The summed E-state index contributed by atoms with van der Waals surface area (Å²) >= 11 is 3.37. The molecule has 2 atom stereocenters. The van der Waals surface area contributed by atoms with Crippen LogP contribution in [0, 0.1) is 11.6 Å². The predicted octanol–water partition coefficient (Wildman–Crippen LogP) is 3.60. The van der Waals surface area contributed by atoms with Gasteiger partial charge in [0.1, 0.15) is 0 Å². The van der Waals surface area contributed by atoms with E-state index in [2.05, 4.69) is 26.6 Å². The Labute approximate surface area is 147 Å². The van der Waals surface area contributed by atoms with Gasteiger partial charge in [-0.3, -0.25) is 4.79 Å². The molecule has 6 heteroatoms. The molecular formula is C18H17BrF2N2O. The quantitative estimate of drug-likeness (QED) is 0.834. The van der Waals surface area contributed by atoms with Crippen molar-refractivity contribution in [2.75, 3.05) is 13.1 Å². The van der Waals surface area contributed by atoms with Gasteiger partial charge in [-0.05, 0) is 58.7 Å². The molecule has 2 N–H and O–H groups in total. The highest BCUT2D eigenvalue weighted by atomic mass is 79.9. The van der Waals surface area contributed by atoms with E-state index in [-0.39, 0.29) is 17.9 Å². The van der Waals surface area contributed by atoms with Gasteiger partial charge in [0.15, 0.2) is 11.6 Å². The monoisotopic (exact) mass is 394 g/mol. The number of hydrogen-bond donors (Lipinski definition) is 2. The summed E-state index contributed by atoms with van der Waals surface area (Å²) in [5, 5.41) is 6.25. The molecule has 1 amide bonds. The van der Waals surface area contributed by atoms with Gasteiger partial charge in [0.05, 0.1) is 5.56 Å². The van der Waals surface area contributed by atoms with Gasteiger partial charge in [0, 0.05) is 23.0 Å². The molecule has 2 unspecified atom stereocenters. The van der Waals surface area contributed by atoms with E-state index in [1.54, 1.807) is 24.3 Å². The number of piperidine rings is 1. The average molecular weight is 395 g/mol. The highest BCUT2D eigenvalue weighted by molar-refractivity contribution is 9.10. The number of carbonyl (C=O) groups excluding carboxylic acids is 1. The van der Waals surface area contributed by atoms with Gasteiger partial charge < -0.3 is 10.6 Å². The highest BCUT2D eigenvalue weighted by Crippen LogP contribution is 2.27. The Hall–Kier alpha value is -1.79. The van der Waals surface area contributed by atoms with E-state index in [4.69, 9.17) is 0 Å². The van der Waals surface area contributed by atoms with Crippen molar-refractivity contribution in [2.45, 2.75) is 18.4 Å². The van der Waals surface area contributed by atoms with Crippen molar-refractivity contribution in [2.24, 2.45) is 0 Å². The molecule has 2 aromatic carbocycles. The van der Waals surface area contributed by atoms with E-state index < -0.39 is 11.6 Å². The maximum Gasteiger partial charge on any atom is 0.252 e. The normalized spacial score (nSPS) is 20.6. The van der Waals surface area contributed by atoms with Crippen molar-refractivity contribution < 1.29 is 13.6 Å². The Morgan fingerprint density at radius 1 is 1.17 bits per heavy atom. The fourth-order valence-electron chi connectivity index (χ4n) is 3.04. The van der Waals surface area contributed by atoms with Crippen LogP contribution in [-0.4, -0.2) is 25.0 Å². The lowest BCUT2D eigenvalue weighted by Gasteiger charge is -2.33. The SMILES string of the molecule is O=C(NC1CNCCC1c1ccc(F)c(F)c1)c1ccccc1Br. The fourth-order valence-corrected chi connectivity index (χ4v) is 3.51. The van der Waals surface area contributed by atoms with Gasteiger partial charge >= 0.3 is 0 Å². The second-order valence-electron chi connectivity index (χ2n) is 5.83. The minimum absolute atomic E-state index is 0.0622. The van der Waals surface area contributed by atoms with Crippen LogP contribution in [0.5, 0.6) is 0 Å². The third kappa shape index (κ3) is 3.65. The topological polar surface area (TPSA) is 41.1 Å². The van der Waals surface area contributed by atoms with Crippen molar-refractivity contribution in [1.29, 1.82) is 0 Å². The lowest BCUT2D eigenvalue weighted by atomic mass is 9.85. The number of benzene rings is 2. The Morgan fingerprint density at radius 2 is 1.96 bits per heavy atom. The number of nitrogens with one attached hydrogen (secondary N) is 2. The molecule has 2 aromatic rings. The first kappa shape index (κ1) is 17.0. The average Bonchev–Trinajstić information content (AvgIpc) is 2.58. The molecular weight excluding hydrogens is 378 g/mol. The Balaban J connectivity index is 1.81. The second-order valence-corrected chi connectivity index (χ2v) is 6.69. The van der Waals surface area contributed by atoms with Crippen LogP contribution < -0.4 is 10.6 Å². The third-order valence-corrected chi connectivity index (χ3v) is 4.98. The molecule has 0 saturated carbocycles. The van der Waals surface area contributed by atoms with Crippen LogP contribution >= 0.6 is 15.9 Å². The minimum atomic E-state index is -0.860. The number of rotatable bonds is 3. The molecule has 1 fully saturated rings. The number of halogens is 3. The van der Waals surface area contributed by atoms with Crippen LogP contribution in [-0.2, 0) is 0 Å². The smallest absolute Gasteiger partial charge is 0.252 e. The summed E-state index contributed by atoms with van der Waals surface area (Å²) in [6.07, 6.45) is 0.742. The maximum absolute atomic E-state index is 13.6. The standard InChI is InChI=1S/C18H17BrF2N2O/c19-14-4-2-1-3-13(14)18(24)23-17-10-22-8-7-12(17)11-5-6-15(20)16(21)9-11/h1-6,9,12,17,22H,7-8,10H2,(H,23,24). The van der Waals surface area contributed by atoms with E-state index in [1.165, 1.54) is 6.07 Å². The lowest BCUT2D eigenvalue weighted by Crippen LogP contribution is -2.50. The zero-order valence-corrected chi connectivity index (χ0v) is 14.4. The molecule has 1 heterocycles. The van der Waals surface area contributed by atoms with Gasteiger partial charge in [0.25, 0.3) is 5.91 Å². The molecule has 24 heavy (non-hydrogen) atoms. The summed E-state index contributed by atoms with van der Waals surface area (Å²) in [5.74, 6) is -1.97. The van der Waals surface area contributed by atoms with Crippen molar-refractivity contribution >= 4 is 21.8 Å². The van der Waals surface area contributed by atoms with Crippen LogP contribution in [0.15, 0.2) is 46.9 Å². The first-order valence-electron chi connectivity index (χ1n) is 7.77. The molecule has 0 spiro atoms. The van der Waals surface area contributed by atoms with Gasteiger partial charge in [0.2, 0.25) is 0 Å². The van der Waals surface area contributed by atoms with Crippen LogP contribution in [0.25, 0.3) is 0 Å². The van der Waals surface area contributed by atoms with Crippen LogP contribution in [0.4, 0.5) is 8.78 Å². The van der Waals surface area contributed by atoms with E-state index in [0.717, 1.165) is 23.5 Å². The summed E-state index contributed by atoms with van der Waals surface area (Å²) in [6, 6.07) is 10.9. The fraction of sp³-hybridized carbons (Fsp3) is 0.278. The van der Waals surface area contributed by atoms with Crippen LogP contribution in [0.2, 0.25) is 0 Å². The van der Waals surface area contributed by atoms with E-state index >= 15 is 0 Å². The number of amides is 1. The highest BCUT2D eigenvalue weighted by Gasteiger charge is 2.29. The minimum Gasteiger partial charge on any atom is -0.347 e. The van der Waals surface area contributed by atoms with Gasteiger partial charge in [-0.2, -0.15) is 0 Å². The molecule has 3 rings (SSSR count). The van der Waals surface area contributed by atoms with Crippen molar-refractivity contribution in [3.05, 3.63) is 69.7 Å². The summed E-state index contributed by atoms with van der Waals surface area (Å²) in [4.78, 5) is 12.5. The predicted molar refractivity (Wildman–Crippen MR) is 92.0 cm³/mol. The van der Waals surface area contributed by atoms with E-state index in [1.807, 2.05) is 6.07 Å². The molecule has 0 bridgehead atoms. The van der Waals surface area contributed by atoms with Crippen molar-refractivity contribution in [3.63, 3.8) is 0 Å². The summed E-state index contributed by atoms with van der Waals surface area (Å²) < 4.78 is 27.5. The molecule has 0 radical (unpaired) electrons. The first-order valence-corrected chi connectivity index (χ1v) is 8.56. The van der Waals surface area contributed by atoms with Crippen LogP contribution in [0.1, 0.15) is 28.3 Å². The molecule has 1 aliphatic heterocycles. The van der Waals surface area contributed by atoms with Crippen molar-refractivity contribution in [3.8, 4) is 0 Å². The third-order valence-electron chi connectivity index (χ3n) is 4.29. The Bertz CT molecular complexity index is 754. The van der Waals surface area contributed by atoms with Gasteiger partial charge in [-0.1, -0.05) is 18.2 Å². The molecule has 126 valence electrons. The van der Waals surface area contributed by atoms with Crippen molar-refractivity contribution in [1.82, 2.24) is 10.6 Å². The van der Waals surface area contributed by atoms with Gasteiger partial charge in [-0.15, -0.1) is 0 Å². The molecule has 0 aliphatic carbocycles. The van der Waals surface area contributed by atoms with Gasteiger partial charge in [-0.25, -0.2) is 8.78 Å². The first-order chi connectivity index (χ1) is 11.6. The summed E-state index contributed by atoms with van der Waals surface area (Å²) in [7, 11) is 0. The Morgan fingerprint density at radius 3 is 2.71 bits per heavy atom. The zero-order chi connectivity index (χ0) is 17.1. The molecule has 1 aliphatic rings. The largest absolute Gasteiger partial charge is 0.347 e. The second kappa shape index (κ2) is 7.40. The molecule has 3 nitrogen and oxygen atoms in total. The zero-order valence-electron chi connectivity index (χ0n) is 12.9. The Kier molecular flexibility index (Phi) is 5.26. The van der Waals surface area contributed by atoms with E-state index in [0.29, 0.717) is 17.7 Å². The number of carbonyl (C=O) groups is 1.